The molecular formula is C30H36O6. The van der Waals surface area contributed by atoms with Crippen molar-refractivity contribution >= 4 is 17.5 Å². The third-order valence-corrected chi connectivity index (χ3v) is 10.2. The van der Waals surface area contributed by atoms with E-state index in [4.69, 9.17) is 4.74 Å². The van der Waals surface area contributed by atoms with Crippen molar-refractivity contribution < 1.29 is 29.3 Å². The normalized spacial score (nSPS) is 43.2. The predicted molar refractivity (Wildman–Crippen MR) is 134 cm³/mol. The quantitative estimate of drug-likeness (QED) is 0.618. The van der Waals surface area contributed by atoms with Crippen LogP contribution in [0, 0.1) is 40.4 Å². The third-order valence-electron chi connectivity index (χ3n) is 10.2. The molecule has 5 rings (SSSR count). The predicted octanol–water partition coefficient (Wildman–Crippen LogP) is 3.91. The largest absolute Gasteiger partial charge is 0.446 e. The number of hydrogen-bond donors (Lipinski definition) is 2. The molecule has 0 bridgehead atoms. The van der Waals surface area contributed by atoms with Crippen LogP contribution in [0.15, 0.2) is 54.1 Å². The number of hydrogen-bond acceptors (Lipinski definition) is 6. The summed E-state index contributed by atoms with van der Waals surface area (Å²) in [6.45, 7) is 7.40. The van der Waals surface area contributed by atoms with E-state index in [1.807, 2.05) is 19.9 Å². The fourth-order valence-electron chi connectivity index (χ4n) is 8.83. The van der Waals surface area contributed by atoms with E-state index in [2.05, 4.69) is 13.8 Å². The molecule has 1 aromatic rings. The molecule has 0 aromatic heterocycles. The fraction of sp³-hybridized carbons (Fsp3) is 0.567. The summed E-state index contributed by atoms with van der Waals surface area (Å²) in [6, 6.07) is 8.59. The first-order chi connectivity index (χ1) is 17.0. The van der Waals surface area contributed by atoms with Gasteiger partial charge in [-0.2, -0.15) is 0 Å². The fourth-order valence-corrected chi connectivity index (χ4v) is 8.83. The molecule has 36 heavy (non-hydrogen) atoms. The summed E-state index contributed by atoms with van der Waals surface area (Å²) in [6.07, 6.45) is 6.26. The number of rotatable bonds is 4. The van der Waals surface area contributed by atoms with Gasteiger partial charge in [0.25, 0.3) is 0 Å². The Morgan fingerprint density at radius 2 is 1.81 bits per heavy atom. The van der Waals surface area contributed by atoms with Crippen molar-refractivity contribution in [3.63, 3.8) is 0 Å². The molecule has 192 valence electrons. The van der Waals surface area contributed by atoms with E-state index in [-0.39, 0.29) is 41.8 Å². The van der Waals surface area contributed by atoms with E-state index in [0.29, 0.717) is 12.0 Å². The first-order valence-corrected chi connectivity index (χ1v) is 13.1. The van der Waals surface area contributed by atoms with E-state index >= 15 is 0 Å². The van der Waals surface area contributed by atoms with Crippen molar-refractivity contribution in [1.82, 2.24) is 0 Å². The van der Waals surface area contributed by atoms with Crippen LogP contribution in [-0.2, 0) is 14.3 Å². The maximum atomic E-state index is 13.6. The highest BCUT2D eigenvalue weighted by atomic mass is 16.6. The first kappa shape index (κ1) is 25.1. The zero-order valence-corrected chi connectivity index (χ0v) is 21.4. The lowest BCUT2D eigenvalue weighted by Gasteiger charge is -2.61. The molecule has 1 aromatic carbocycles. The van der Waals surface area contributed by atoms with Crippen molar-refractivity contribution in [3.05, 3.63) is 59.7 Å². The third kappa shape index (κ3) is 3.26. The van der Waals surface area contributed by atoms with Crippen LogP contribution in [-0.4, -0.2) is 46.1 Å². The van der Waals surface area contributed by atoms with Gasteiger partial charge in [0.05, 0.1) is 11.7 Å². The molecule has 0 saturated heterocycles. The minimum absolute atomic E-state index is 0.00632. The van der Waals surface area contributed by atoms with Crippen LogP contribution in [0.3, 0.4) is 0 Å². The van der Waals surface area contributed by atoms with Crippen LogP contribution in [0.4, 0.5) is 0 Å². The molecule has 3 fully saturated rings. The van der Waals surface area contributed by atoms with Gasteiger partial charge in [0, 0.05) is 22.7 Å². The second-order valence-electron chi connectivity index (χ2n) is 11.9. The zero-order valence-electron chi connectivity index (χ0n) is 21.4. The van der Waals surface area contributed by atoms with Gasteiger partial charge in [0.2, 0.25) is 5.78 Å². The van der Waals surface area contributed by atoms with Gasteiger partial charge < -0.3 is 14.9 Å². The molecule has 0 amide bonds. The van der Waals surface area contributed by atoms with Gasteiger partial charge in [-0.15, -0.1) is 0 Å². The second-order valence-corrected chi connectivity index (χ2v) is 11.9. The Balaban J connectivity index is 1.59. The molecule has 4 aliphatic carbocycles. The lowest BCUT2D eigenvalue weighted by atomic mass is 9.44. The standard InChI is InChI=1S/C30H36O6/c1-17-12-21-23-13-18(2)30(25(34)16-31,36-27(35)19-8-6-5-7-9-19)29(23,4)15-24(33)26(21)28(3)11-10-20(32)14-22(17)28/h5-11,14,17-18,21,23-24,26,31,33H,12-13,15-16H2,1-4H3/t17?,18?,21-,23-,24?,26+,28-,29-,30-/m0/s1. The number of fused-ring (bicyclic) bond motifs is 5. The van der Waals surface area contributed by atoms with Crippen molar-refractivity contribution in [2.45, 2.75) is 58.7 Å². The molecule has 9 atom stereocenters. The number of aliphatic hydroxyl groups excluding tert-OH is 2. The highest BCUT2D eigenvalue weighted by molar-refractivity contribution is 6.01. The zero-order chi connectivity index (χ0) is 26.0. The Morgan fingerprint density at radius 3 is 2.47 bits per heavy atom. The van der Waals surface area contributed by atoms with E-state index in [1.165, 1.54) is 0 Å². The van der Waals surface area contributed by atoms with Crippen LogP contribution in [0.5, 0.6) is 0 Å². The molecule has 0 aliphatic heterocycles. The molecule has 0 radical (unpaired) electrons. The monoisotopic (exact) mass is 492 g/mol. The lowest BCUT2D eigenvalue weighted by Crippen LogP contribution is -2.64. The Labute approximate surface area is 212 Å². The molecule has 0 heterocycles. The van der Waals surface area contributed by atoms with Gasteiger partial charge in [-0.25, -0.2) is 4.79 Å². The van der Waals surface area contributed by atoms with Crippen LogP contribution >= 0.6 is 0 Å². The van der Waals surface area contributed by atoms with Gasteiger partial charge in [-0.3, -0.25) is 9.59 Å². The molecule has 6 heteroatoms. The number of carbonyl (C=O) groups is 3. The SMILES string of the molecule is CC1C[C@@H]2[C@H](C(O)C[C@@]3(C)[C@H]2CC(C)[C@]3(OC(=O)c2ccccc2)C(=O)CO)[C@@]2(C)C=CC(=O)C=C12. The van der Waals surface area contributed by atoms with Crippen LogP contribution in [0.25, 0.3) is 0 Å². The smallest absolute Gasteiger partial charge is 0.339 e. The Hall–Kier alpha value is -2.57. The minimum Gasteiger partial charge on any atom is -0.446 e. The Kier molecular flexibility index (Phi) is 5.92. The van der Waals surface area contributed by atoms with Gasteiger partial charge in [0.1, 0.15) is 6.61 Å². The summed E-state index contributed by atoms with van der Waals surface area (Å²) in [7, 11) is 0. The van der Waals surface area contributed by atoms with Gasteiger partial charge in [0.15, 0.2) is 11.4 Å². The molecule has 2 N–H and O–H groups in total. The summed E-state index contributed by atoms with van der Waals surface area (Å²) in [5, 5.41) is 21.8. The highest BCUT2D eigenvalue weighted by Gasteiger charge is 2.73. The van der Waals surface area contributed by atoms with E-state index < -0.39 is 40.9 Å². The van der Waals surface area contributed by atoms with E-state index in [1.54, 1.807) is 42.5 Å². The van der Waals surface area contributed by atoms with E-state index in [0.717, 1.165) is 12.0 Å². The number of aliphatic hydroxyl groups is 2. The molecule has 4 aliphatic rings. The topological polar surface area (TPSA) is 101 Å². The number of ketones is 2. The van der Waals surface area contributed by atoms with Crippen molar-refractivity contribution in [1.29, 1.82) is 0 Å². The summed E-state index contributed by atoms with van der Waals surface area (Å²) in [4.78, 5) is 39.1. The molecule has 6 nitrogen and oxygen atoms in total. The number of esters is 1. The Bertz CT molecular complexity index is 1150. The van der Waals surface area contributed by atoms with Crippen molar-refractivity contribution in [3.8, 4) is 0 Å². The summed E-state index contributed by atoms with van der Waals surface area (Å²) >= 11 is 0. The van der Waals surface area contributed by atoms with Crippen LogP contribution in [0.2, 0.25) is 0 Å². The van der Waals surface area contributed by atoms with Crippen LogP contribution < -0.4 is 0 Å². The number of Topliss-reactive ketones (excluding diaryl/α,β-unsaturated/α-hetero) is 1. The average Bonchev–Trinajstić information content (AvgIpc) is 3.07. The maximum Gasteiger partial charge on any atom is 0.339 e. The molecule has 0 spiro atoms. The van der Waals surface area contributed by atoms with Crippen LogP contribution in [0.1, 0.15) is 57.3 Å². The number of benzene rings is 1. The minimum atomic E-state index is -1.54. The number of ether oxygens (including phenoxy) is 1. The lowest BCUT2D eigenvalue weighted by molar-refractivity contribution is -0.186. The summed E-state index contributed by atoms with van der Waals surface area (Å²) < 4.78 is 6.19. The van der Waals surface area contributed by atoms with Crippen molar-refractivity contribution in [2.75, 3.05) is 6.61 Å². The second kappa shape index (κ2) is 8.49. The van der Waals surface area contributed by atoms with Gasteiger partial charge in [-0.1, -0.05) is 57.5 Å². The average molecular weight is 493 g/mol. The molecule has 3 unspecified atom stereocenters. The number of allylic oxidation sites excluding steroid dienone is 4. The highest BCUT2D eigenvalue weighted by Crippen LogP contribution is 2.69. The summed E-state index contributed by atoms with van der Waals surface area (Å²) in [5.41, 5.74) is -1.42. The molecule has 3 saturated carbocycles. The van der Waals surface area contributed by atoms with Gasteiger partial charge >= 0.3 is 5.97 Å². The Morgan fingerprint density at radius 1 is 1.11 bits per heavy atom. The van der Waals surface area contributed by atoms with E-state index in [9.17, 15) is 24.6 Å². The summed E-state index contributed by atoms with van der Waals surface area (Å²) in [5.74, 6) is -1.33. The van der Waals surface area contributed by atoms with Gasteiger partial charge in [-0.05, 0) is 61.3 Å². The van der Waals surface area contributed by atoms with Crippen molar-refractivity contribution in [2.24, 2.45) is 40.4 Å². The molecular weight excluding hydrogens is 456 g/mol. The number of carbonyl (C=O) groups excluding carboxylic acids is 3. The maximum absolute atomic E-state index is 13.6. The first-order valence-electron chi connectivity index (χ1n) is 13.1.